The molecule has 0 heterocycles. The summed E-state index contributed by atoms with van der Waals surface area (Å²) in [5.74, 6) is 0. The van der Waals surface area contributed by atoms with E-state index in [1.54, 1.807) is 18.2 Å². The molecule has 5 heteroatoms. The SMILES string of the molecule is NCC=Cc1ccc([N+](=O)[O-])cc1N. The molecule has 4 N–H and O–H groups in total. The van der Waals surface area contributed by atoms with Crippen molar-refractivity contribution in [2.75, 3.05) is 12.3 Å². The Hall–Kier alpha value is -1.88. The van der Waals surface area contributed by atoms with Crippen LogP contribution in [0.25, 0.3) is 6.08 Å². The van der Waals surface area contributed by atoms with Gasteiger partial charge in [0.05, 0.1) is 4.92 Å². The maximum absolute atomic E-state index is 10.4. The zero-order chi connectivity index (χ0) is 10.6. The monoisotopic (exact) mass is 193 g/mol. The van der Waals surface area contributed by atoms with E-state index in [2.05, 4.69) is 0 Å². The van der Waals surface area contributed by atoms with Crippen molar-refractivity contribution in [1.29, 1.82) is 0 Å². The smallest absolute Gasteiger partial charge is 0.271 e. The molecule has 0 fully saturated rings. The molecule has 14 heavy (non-hydrogen) atoms. The first-order valence-corrected chi connectivity index (χ1v) is 4.05. The van der Waals surface area contributed by atoms with E-state index in [0.717, 1.165) is 5.56 Å². The number of nitrogen functional groups attached to an aromatic ring is 1. The average molecular weight is 193 g/mol. The van der Waals surface area contributed by atoms with Gasteiger partial charge in [0.15, 0.2) is 0 Å². The van der Waals surface area contributed by atoms with E-state index in [9.17, 15) is 10.1 Å². The molecule has 0 atom stereocenters. The predicted molar refractivity (Wildman–Crippen MR) is 55.6 cm³/mol. The molecule has 0 amide bonds. The molecule has 74 valence electrons. The standard InChI is InChI=1S/C9H11N3O2/c10-5-1-2-7-3-4-8(12(13)14)6-9(7)11/h1-4,6H,5,10-11H2. The Balaban J connectivity index is 3.01. The van der Waals surface area contributed by atoms with Gasteiger partial charge in [-0.25, -0.2) is 0 Å². The second kappa shape index (κ2) is 4.38. The molecular weight excluding hydrogens is 182 g/mol. The third-order valence-corrected chi connectivity index (χ3v) is 1.71. The number of hydrogen-bond acceptors (Lipinski definition) is 4. The third kappa shape index (κ3) is 2.30. The molecule has 0 aliphatic carbocycles. The van der Waals surface area contributed by atoms with Crippen LogP contribution < -0.4 is 11.5 Å². The van der Waals surface area contributed by atoms with Crippen LogP contribution in [0.4, 0.5) is 11.4 Å². The van der Waals surface area contributed by atoms with Crippen molar-refractivity contribution in [3.8, 4) is 0 Å². The van der Waals surface area contributed by atoms with Crippen molar-refractivity contribution in [3.05, 3.63) is 40.0 Å². The number of rotatable bonds is 3. The fraction of sp³-hybridized carbons (Fsp3) is 0.111. The van der Waals surface area contributed by atoms with Crippen molar-refractivity contribution in [3.63, 3.8) is 0 Å². The van der Waals surface area contributed by atoms with Gasteiger partial charge in [0.2, 0.25) is 0 Å². The lowest BCUT2D eigenvalue weighted by Gasteiger charge is -1.99. The fourth-order valence-corrected chi connectivity index (χ4v) is 1.02. The highest BCUT2D eigenvalue weighted by atomic mass is 16.6. The molecule has 0 aliphatic rings. The van der Waals surface area contributed by atoms with Crippen LogP contribution in [0.5, 0.6) is 0 Å². The third-order valence-electron chi connectivity index (χ3n) is 1.71. The molecule has 0 aromatic heterocycles. The van der Waals surface area contributed by atoms with Crippen molar-refractivity contribution in [2.24, 2.45) is 5.73 Å². The van der Waals surface area contributed by atoms with Gasteiger partial charge in [0.1, 0.15) is 0 Å². The van der Waals surface area contributed by atoms with Crippen LogP contribution in [0.15, 0.2) is 24.3 Å². The van der Waals surface area contributed by atoms with E-state index < -0.39 is 4.92 Å². The predicted octanol–water partition coefficient (Wildman–Crippen LogP) is 1.15. The number of nitrogens with two attached hydrogens (primary N) is 2. The van der Waals surface area contributed by atoms with Gasteiger partial charge in [-0.15, -0.1) is 0 Å². The number of nitro benzene ring substituents is 1. The highest BCUT2D eigenvalue weighted by molar-refractivity contribution is 5.67. The second-order valence-corrected chi connectivity index (χ2v) is 2.71. The van der Waals surface area contributed by atoms with Crippen molar-refractivity contribution < 1.29 is 4.92 Å². The zero-order valence-corrected chi connectivity index (χ0v) is 7.51. The van der Waals surface area contributed by atoms with Crippen LogP contribution in [0.3, 0.4) is 0 Å². The summed E-state index contributed by atoms with van der Waals surface area (Å²) in [5, 5.41) is 10.4. The van der Waals surface area contributed by atoms with Gasteiger partial charge in [0.25, 0.3) is 5.69 Å². The molecule has 1 rings (SSSR count). The van der Waals surface area contributed by atoms with Crippen LogP contribution in [0, 0.1) is 10.1 Å². The largest absolute Gasteiger partial charge is 0.398 e. The normalized spacial score (nSPS) is 10.6. The van der Waals surface area contributed by atoms with Crippen LogP contribution in [0.2, 0.25) is 0 Å². The molecule has 1 aromatic rings. The highest BCUT2D eigenvalue weighted by Crippen LogP contribution is 2.20. The van der Waals surface area contributed by atoms with Gasteiger partial charge in [-0.05, 0) is 11.6 Å². The van der Waals surface area contributed by atoms with E-state index in [-0.39, 0.29) is 5.69 Å². The molecule has 0 unspecified atom stereocenters. The Morgan fingerprint density at radius 2 is 2.21 bits per heavy atom. The van der Waals surface area contributed by atoms with Crippen LogP contribution in [-0.4, -0.2) is 11.5 Å². The highest BCUT2D eigenvalue weighted by Gasteiger charge is 2.06. The second-order valence-electron chi connectivity index (χ2n) is 2.71. The summed E-state index contributed by atoms with van der Waals surface area (Å²) in [6.07, 6.45) is 3.47. The molecule has 5 nitrogen and oxygen atoms in total. The minimum absolute atomic E-state index is 0.00704. The topological polar surface area (TPSA) is 95.2 Å². The molecule has 0 saturated carbocycles. The quantitative estimate of drug-likeness (QED) is 0.427. The summed E-state index contributed by atoms with van der Waals surface area (Å²) in [4.78, 5) is 9.91. The van der Waals surface area contributed by atoms with Gasteiger partial charge < -0.3 is 11.5 Å². The summed E-state index contributed by atoms with van der Waals surface area (Å²) in [6, 6.07) is 4.34. The minimum Gasteiger partial charge on any atom is -0.398 e. The number of anilines is 1. The zero-order valence-electron chi connectivity index (χ0n) is 7.51. The molecule has 0 radical (unpaired) electrons. The van der Waals surface area contributed by atoms with Gasteiger partial charge in [-0.2, -0.15) is 0 Å². The number of benzene rings is 1. The summed E-state index contributed by atoms with van der Waals surface area (Å²) < 4.78 is 0. The summed E-state index contributed by atoms with van der Waals surface area (Å²) in [5.41, 5.74) is 12.0. The van der Waals surface area contributed by atoms with E-state index in [1.165, 1.54) is 12.1 Å². The van der Waals surface area contributed by atoms with Gasteiger partial charge >= 0.3 is 0 Å². The Morgan fingerprint density at radius 3 is 2.71 bits per heavy atom. The number of nitro groups is 1. The first-order chi connectivity index (χ1) is 6.65. The van der Waals surface area contributed by atoms with Crippen molar-refractivity contribution in [2.45, 2.75) is 0 Å². The molecule has 0 saturated heterocycles. The number of non-ortho nitro benzene ring substituents is 1. The Kier molecular flexibility index (Phi) is 3.19. The molecule has 0 spiro atoms. The lowest BCUT2D eigenvalue weighted by Crippen LogP contribution is -1.95. The Labute approximate surface area is 81.2 Å². The molecule has 0 aliphatic heterocycles. The first kappa shape index (κ1) is 10.2. The summed E-state index contributed by atoms with van der Waals surface area (Å²) in [7, 11) is 0. The lowest BCUT2D eigenvalue weighted by molar-refractivity contribution is -0.384. The Morgan fingerprint density at radius 1 is 1.50 bits per heavy atom. The van der Waals surface area contributed by atoms with Gasteiger partial charge in [0, 0.05) is 24.4 Å². The molecule has 0 bridgehead atoms. The fourth-order valence-electron chi connectivity index (χ4n) is 1.02. The maximum atomic E-state index is 10.4. The minimum atomic E-state index is -0.479. The van der Waals surface area contributed by atoms with E-state index >= 15 is 0 Å². The summed E-state index contributed by atoms with van der Waals surface area (Å²) >= 11 is 0. The first-order valence-electron chi connectivity index (χ1n) is 4.05. The number of hydrogen-bond donors (Lipinski definition) is 2. The van der Waals surface area contributed by atoms with Crippen LogP contribution in [0.1, 0.15) is 5.56 Å². The van der Waals surface area contributed by atoms with Gasteiger partial charge in [-0.1, -0.05) is 12.2 Å². The molecule has 1 aromatic carbocycles. The number of nitrogens with zero attached hydrogens (tertiary/aromatic N) is 1. The van der Waals surface area contributed by atoms with E-state index in [1.807, 2.05) is 0 Å². The molecular formula is C9H11N3O2. The lowest BCUT2D eigenvalue weighted by atomic mass is 10.1. The van der Waals surface area contributed by atoms with Crippen molar-refractivity contribution >= 4 is 17.5 Å². The van der Waals surface area contributed by atoms with Crippen molar-refractivity contribution in [1.82, 2.24) is 0 Å². The van der Waals surface area contributed by atoms with Crippen LogP contribution in [-0.2, 0) is 0 Å². The Bertz CT molecular complexity index is 374. The van der Waals surface area contributed by atoms with E-state index in [4.69, 9.17) is 11.5 Å². The summed E-state index contributed by atoms with van der Waals surface area (Å²) in [6.45, 7) is 0.413. The van der Waals surface area contributed by atoms with E-state index in [0.29, 0.717) is 12.2 Å². The average Bonchev–Trinajstić information content (AvgIpc) is 2.15. The van der Waals surface area contributed by atoms with Crippen LogP contribution >= 0.6 is 0 Å². The van der Waals surface area contributed by atoms with Gasteiger partial charge in [-0.3, -0.25) is 10.1 Å². The maximum Gasteiger partial charge on any atom is 0.271 e.